The Morgan fingerprint density at radius 2 is 2.15 bits per heavy atom. The highest BCUT2D eigenvalue weighted by molar-refractivity contribution is 5.83. The molecule has 0 bridgehead atoms. The number of amidine groups is 1. The number of rotatable bonds is 2. The van der Waals surface area contributed by atoms with Crippen LogP contribution >= 0.6 is 0 Å². The molecule has 0 aromatic carbocycles. The molecule has 0 aromatic rings. The van der Waals surface area contributed by atoms with Gasteiger partial charge in [0.2, 0.25) is 0 Å². The number of hydrogen-bond acceptors (Lipinski definition) is 3. The fourth-order valence-corrected chi connectivity index (χ4v) is 1.76. The van der Waals surface area contributed by atoms with Gasteiger partial charge < -0.3 is 10.4 Å². The van der Waals surface area contributed by atoms with Gasteiger partial charge >= 0.3 is 0 Å². The van der Waals surface area contributed by atoms with Crippen molar-refractivity contribution in [2.24, 2.45) is 4.99 Å². The molecular formula is C10H18N2O. The second kappa shape index (κ2) is 3.66. The van der Waals surface area contributed by atoms with Crippen molar-refractivity contribution in [2.45, 2.75) is 44.1 Å². The van der Waals surface area contributed by atoms with E-state index in [1.165, 1.54) is 19.3 Å². The highest BCUT2D eigenvalue weighted by Gasteiger charge is 2.42. The summed E-state index contributed by atoms with van der Waals surface area (Å²) in [5.41, 5.74) is 0.0170. The van der Waals surface area contributed by atoms with Gasteiger partial charge in [0, 0.05) is 13.0 Å². The van der Waals surface area contributed by atoms with Gasteiger partial charge in [-0.05, 0) is 25.7 Å². The van der Waals surface area contributed by atoms with Crippen LogP contribution in [0.3, 0.4) is 0 Å². The van der Waals surface area contributed by atoms with E-state index >= 15 is 0 Å². The summed E-state index contributed by atoms with van der Waals surface area (Å²) >= 11 is 0. The molecule has 2 aliphatic rings. The van der Waals surface area contributed by atoms with Crippen molar-refractivity contribution in [3.05, 3.63) is 0 Å². The highest BCUT2D eigenvalue weighted by atomic mass is 16.3. The molecule has 0 radical (unpaired) electrons. The van der Waals surface area contributed by atoms with Crippen LogP contribution in [-0.4, -0.2) is 29.6 Å². The molecule has 0 spiro atoms. The maximum atomic E-state index is 9.14. The van der Waals surface area contributed by atoms with Crippen molar-refractivity contribution in [2.75, 3.05) is 13.2 Å². The van der Waals surface area contributed by atoms with E-state index < -0.39 is 0 Å². The number of nitrogens with one attached hydrogen (secondary N) is 1. The van der Waals surface area contributed by atoms with Crippen LogP contribution in [-0.2, 0) is 0 Å². The monoisotopic (exact) mass is 182 g/mol. The normalized spacial score (nSPS) is 26.1. The van der Waals surface area contributed by atoms with Gasteiger partial charge in [-0.25, -0.2) is 0 Å². The second-order valence-corrected chi connectivity index (χ2v) is 4.20. The number of aliphatic hydroxyl groups is 1. The Kier molecular flexibility index (Phi) is 2.54. The molecular weight excluding hydrogens is 164 g/mol. The predicted octanol–water partition coefficient (Wildman–Crippen LogP) is 1.07. The number of aliphatic imine (C=N–C) groups is 1. The van der Waals surface area contributed by atoms with Gasteiger partial charge in [0.25, 0.3) is 0 Å². The van der Waals surface area contributed by atoms with Gasteiger partial charge in [-0.3, -0.25) is 4.99 Å². The number of aliphatic hydroxyl groups excluding tert-OH is 1. The first kappa shape index (κ1) is 9.00. The summed E-state index contributed by atoms with van der Waals surface area (Å²) in [5.74, 6) is 1.13. The summed E-state index contributed by atoms with van der Waals surface area (Å²) in [5, 5.41) is 12.5. The summed E-state index contributed by atoms with van der Waals surface area (Å²) in [6, 6.07) is 0. The fourth-order valence-electron chi connectivity index (χ4n) is 1.76. The minimum atomic E-state index is 0.0170. The SMILES string of the molecule is OCC1(NC2=NCCCCC2)CC1. The Morgan fingerprint density at radius 1 is 1.31 bits per heavy atom. The number of nitrogens with zero attached hydrogens (tertiary/aromatic N) is 1. The predicted molar refractivity (Wildman–Crippen MR) is 53.0 cm³/mol. The lowest BCUT2D eigenvalue weighted by Gasteiger charge is -2.16. The zero-order valence-electron chi connectivity index (χ0n) is 8.05. The van der Waals surface area contributed by atoms with Gasteiger partial charge in [0.15, 0.2) is 0 Å². The van der Waals surface area contributed by atoms with Crippen LogP contribution in [0.15, 0.2) is 4.99 Å². The Morgan fingerprint density at radius 3 is 2.85 bits per heavy atom. The van der Waals surface area contributed by atoms with Crippen molar-refractivity contribution in [1.29, 1.82) is 0 Å². The average molecular weight is 182 g/mol. The average Bonchev–Trinajstić information content (AvgIpc) is 2.92. The molecule has 2 rings (SSSR count). The Bertz CT molecular complexity index is 209. The van der Waals surface area contributed by atoms with E-state index in [4.69, 9.17) is 5.11 Å². The van der Waals surface area contributed by atoms with Crippen molar-refractivity contribution < 1.29 is 5.11 Å². The summed E-state index contributed by atoms with van der Waals surface area (Å²) in [6.07, 6.45) is 7.03. The molecule has 3 nitrogen and oxygen atoms in total. The molecule has 0 amide bonds. The quantitative estimate of drug-likeness (QED) is 0.671. The van der Waals surface area contributed by atoms with Crippen LogP contribution in [0.25, 0.3) is 0 Å². The maximum absolute atomic E-state index is 9.14. The molecule has 1 fully saturated rings. The lowest BCUT2D eigenvalue weighted by molar-refractivity contribution is 0.244. The maximum Gasteiger partial charge on any atom is 0.0968 e. The van der Waals surface area contributed by atoms with Crippen LogP contribution in [0.4, 0.5) is 0 Å². The first-order valence-corrected chi connectivity index (χ1v) is 5.27. The molecule has 1 aliphatic carbocycles. The van der Waals surface area contributed by atoms with Gasteiger partial charge in [0.05, 0.1) is 18.0 Å². The third kappa shape index (κ3) is 2.21. The zero-order valence-corrected chi connectivity index (χ0v) is 8.05. The van der Waals surface area contributed by atoms with Gasteiger partial charge in [-0.2, -0.15) is 0 Å². The van der Waals surface area contributed by atoms with Gasteiger partial charge in [-0.1, -0.05) is 6.42 Å². The minimum absolute atomic E-state index is 0.0170. The summed E-state index contributed by atoms with van der Waals surface area (Å²) in [4.78, 5) is 4.49. The van der Waals surface area contributed by atoms with E-state index in [1.54, 1.807) is 0 Å². The molecule has 13 heavy (non-hydrogen) atoms. The summed E-state index contributed by atoms with van der Waals surface area (Å²) in [6.45, 7) is 1.22. The first-order valence-electron chi connectivity index (χ1n) is 5.27. The van der Waals surface area contributed by atoms with E-state index in [2.05, 4.69) is 10.3 Å². The number of hydrogen-bond donors (Lipinski definition) is 2. The van der Waals surface area contributed by atoms with Crippen molar-refractivity contribution in [3.8, 4) is 0 Å². The second-order valence-electron chi connectivity index (χ2n) is 4.20. The van der Waals surface area contributed by atoms with E-state index in [0.29, 0.717) is 0 Å². The molecule has 74 valence electrons. The largest absolute Gasteiger partial charge is 0.394 e. The lowest BCUT2D eigenvalue weighted by atomic mass is 10.2. The van der Waals surface area contributed by atoms with E-state index in [9.17, 15) is 0 Å². The molecule has 2 N–H and O–H groups in total. The van der Waals surface area contributed by atoms with E-state index in [1.807, 2.05) is 0 Å². The smallest absolute Gasteiger partial charge is 0.0968 e. The molecule has 0 saturated heterocycles. The third-order valence-electron chi connectivity index (χ3n) is 2.94. The van der Waals surface area contributed by atoms with E-state index in [0.717, 1.165) is 31.6 Å². The Hall–Kier alpha value is -0.570. The van der Waals surface area contributed by atoms with Crippen LogP contribution in [0.1, 0.15) is 38.5 Å². The summed E-state index contributed by atoms with van der Waals surface area (Å²) in [7, 11) is 0. The summed E-state index contributed by atoms with van der Waals surface area (Å²) < 4.78 is 0. The van der Waals surface area contributed by atoms with Crippen LogP contribution in [0.2, 0.25) is 0 Å². The van der Waals surface area contributed by atoms with Crippen LogP contribution < -0.4 is 5.32 Å². The lowest BCUT2D eigenvalue weighted by Crippen LogP contribution is -2.39. The molecule has 1 heterocycles. The highest BCUT2D eigenvalue weighted by Crippen LogP contribution is 2.34. The molecule has 0 unspecified atom stereocenters. The zero-order chi connectivity index (χ0) is 9.15. The molecule has 0 atom stereocenters. The van der Waals surface area contributed by atoms with E-state index in [-0.39, 0.29) is 12.1 Å². The Labute approximate surface area is 79.3 Å². The van der Waals surface area contributed by atoms with Gasteiger partial charge in [0.1, 0.15) is 0 Å². The standard InChI is InChI=1S/C10H18N2O/c13-8-10(5-6-10)12-9-4-2-1-3-7-11-9/h13H,1-8H2,(H,11,12). The van der Waals surface area contributed by atoms with Crippen LogP contribution in [0, 0.1) is 0 Å². The van der Waals surface area contributed by atoms with Crippen molar-refractivity contribution in [3.63, 3.8) is 0 Å². The first-order chi connectivity index (χ1) is 6.35. The molecule has 0 aromatic heterocycles. The Balaban J connectivity index is 1.89. The third-order valence-corrected chi connectivity index (χ3v) is 2.94. The topological polar surface area (TPSA) is 44.6 Å². The van der Waals surface area contributed by atoms with Crippen molar-refractivity contribution in [1.82, 2.24) is 5.32 Å². The molecule has 1 aliphatic heterocycles. The minimum Gasteiger partial charge on any atom is -0.394 e. The van der Waals surface area contributed by atoms with Crippen molar-refractivity contribution >= 4 is 5.84 Å². The molecule has 1 saturated carbocycles. The van der Waals surface area contributed by atoms with Gasteiger partial charge in [-0.15, -0.1) is 0 Å². The molecule has 3 heteroatoms. The fraction of sp³-hybridized carbons (Fsp3) is 0.900. The van der Waals surface area contributed by atoms with Crippen LogP contribution in [0.5, 0.6) is 0 Å².